The number of likely N-dealkylation sites (tertiary alicyclic amines) is 1. The van der Waals surface area contributed by atoms with Crippen LogP contribution in [-0.2, 0) is 28.0 Å². The molecule has 0 unspecified atom stereocenters. The zero-order chi connectivity index (χ0) is 40.3. The molecule has 7 rings (SSSR count). The number of halogens is 3. The molecule has 308 valence electrons. The van der Waals surface area contributed by atoms with Gasteiger partial charge in [0.25, 0.3) is 0 Å². The summed E-state index contributed by atoms with van der Waals surface area (Å²) in [5.74, 6) is 1.54. The molecular weight excluding hydrogens is 780 g/mol. The minimum absolute atomic E-state index is 0.157. The van der Waals surface area contributed by atoms with Gasteiger partial charge in [-0.1, -0.05) is 23.5 Å². The first-order valence-corrected chi connectivity index (χ1v) is 21.9. The average Bonchev–Trinajstić information content (AvgIpc) is 3.83. The van der Waals surface area contributed by atoms with E-state index < -0.39 is 21.1 Å². The smallest absolute Gasteiger partial charge is 0.371 e. The van der Waals surface area contributed by atoms with Crippen LogP contribution < -0.4 is 20.4 Å². The fourth-order valence-electron chi connectivity index (χ4n) is 8.39. The van der Waals surface area contributed by atoms with Crippen molar-refractivity contribution in [3.05, 3.63) is 59.1 Å². The summed E-state index contributed by atoms with van der Waals surface area (Å²) < 4.78 is 69.5. The molecule has 18 heteroatoms. The Morgan fingerprint density at radius 1 is 1.00 bits per heavy atom. The van der Waals surface area contributed by atoms with Crippen molar-refractivity contribution in [2.45, 2.75) is 68.0 Å². The Hall–Kier alpha value is -4.26. The molecule has 0 radical (unpaired) electrons. The van der Waals surface area contributed by atoms with Crippen LogP contribution in [0.2, 0.25) is 0 Å². The molecule has 5 heterocycles. The molecule has 3 fully saturated rings. The standard InChI is InChI=1S/C39H50F3N9O4S2/c1-43-38(53)51(15-4-22-52)36-33-8-7-29(23-34(33)47(2)46-36)28-11-16-48(17-12-28)26-27-9-18-49(19-10-27)31-5-3-6-32(24-31)57(54,55)50-20-13-30(14-21-50)45-37-44-25-35(56-37)39(40,41)42/h3,5-8,22-25,27-28,30H,4,9-21,26H2,1-2H3,(H,43,53)(H,44,45). The van der Waals surface area contributed by atoms with Crippen LogP contribution in [0.4, 0.5) is 34.6 Å². The van der Waals surface area contributed by atoms with E-state index >= 15 is 0 Å². The van der Waals surface area contributed by atoms with Gasteiger partial charge in [0.1, 0.15) is 11.2 Å². The third kappa shape index (κ3) is 9.23. The highest BCUT2D eigenvalue weighted by Gasteiger charge is 2.35. The van der Waals surface area contributed by atoms with Gasteiger partial charge in [-0.2, -0.15) is 22.6 Å². The number of nitrogens with one attached hydrogen (secondary N) is 2. The predicted octanol–water partition coefficient (Wildman–Crippen LogP) is 6.14. The Morgan fingerprint density at radius 2 is 1.74 bits per heavy atom. The maximum atomic E-state index is 13.7. The highest BCUT2D eigenvalue weighted by molar-refractivity contribution is 7.89. The summed E-state index contributed by atoms with van der Waals surface area (Å²) in [6.07, 6.45) is 2.53. The molecule has 3 aliphatic heterocycles. The minimum Gasteiger partial charge on any atom is -0.371 e. The number of aldehydes is 1. The molecule has 0 aliphatic carbocycles. The van der Waals surface area contributed by atoms with E-state index in [0.29, 0.717) is 41.8 Å². The Balaban J connectivity index is 0.880. The lowest BCUT2D eigenvalue weighted by Crippen LogP contribution is -2.42. The van der Waals surface area contributed by atoms with E-state index in [1.54, 1.807) is 29.9 Å². The second-order valence-electron chi connectivity index (χ2n) is 15.2. The fraction of sp³-hybridized carbons (Fsp3) is 0.538. The Kier molecular flexibility index (Phi) is 12.4. The monoisotopic (exact) mass is 829 g/mol. The molecule has 0 spiro atoms. The number of hydrogen-bond donors (Lipinski definition) is 2. The van der Waals surface area contributed by atoms with Gasteiger partial charge in [0.2, 0.25) is 10.0 Å². The summed E-state index contributed by atoms with van der Waals surface area (Å²) in [6, 6.07) is 13.1. The number of rotatable bonds is 12. The van der Waals surface area contributed by atoms with Crippen molar-refractivity contribution in [1.29, 1.82) is 0 Å². The first kappa shape index (κ1) is 40.9. The lowest BCUT2D eigenvalue weighted by Gasteiger charge is -2.38. The zero-order valence-electron chi connectivity index (χ0n) is 32.2. The second-order valence-corrected chi connectivity index (χ2v) is 18.2. The number of aryl methyl sites for hydroxylation is 1. The number of aromatic nitrogens is 3. The second kappa shape index (κ2) is 17.3. The fourth-order valence-corrected chi connectivity index (χ4v) is 10.7. The van der Waals surface area contributed by atoms with E-state index in [-0.39, 0.29) is 48.2 Å². The van der Waals surface area contributed by atoms with E-state index in [1.165, 1.54) is 14.8 Å². The van der Waals surface area contributed by atoms with Crippen LogP contribution in [0.3, 0.4) is 0 Å². The van der Waals surface area contributed by atoms with Crippen molar-refractivity contribution in [1.82, 2.24) is 29.3 Å². The summed E-state index contributed by atoms with van der Waals surface area (Å²) in [7, 11) is -0.286. The number of amides is 2. The van der Waals surface area contributed by atoms with Crippen LogP contribution >= 0.6 is 11.3 Å². The van der Waals surface area contributed by atoms with Gasteiger partial charge in [0.05, 0.1) is 16.6 Å². The predicted molar refractivity (Wildman–Crippen MR) is 216 cm³/mol. The van der Waals surface area contributed by atoms with Crippen LogP contribution in [-0.4, -0.2) is 110 Å². The summed E-state index contributed by atoms with van der Waals surface area (Å²) >= 11 is 0.560. The number of fused-ring (bicyclic) bond motifs is 1. The lowest BCUT2D eigenvalue weighted by atomic mass is 9.88. The number of urea groups is 1. The van der Waals surface area contributed by atoms with E-state index in [4.69, 9.17) is 0 Å². The molecule has 0 saturated carbocycles. The van der Waals surface area contributed by atoms with Gasteiger partial charge in [0, 0.05) is 76.9 Å². The van der Waals surface area contributed by atoms with Gasteiger partial charge in [-0.3, -0.25) is 9.58 Å². The number of anilines is 3. The Bertz CT molecular complexity index is 2140. The highest BCUT2D eigenvalue weighted by Crippen LogP contribution is 2.37. The summed E-state index contributed by atoms with van der Waals surface area (Å²) in [6.45, 7) is 5.60. The maximum Gasteiger partial charge on any atom is 0.427 e. The van der Waals surface area contributed by atoms with Crippen molar-refractivity contribution in [2.24, 2.45) is 13.0 Å². The molecule has 2 amide bonds. The molecule has 3 aliphatic rings. The number of thiazole rings is 1. The van der Waals surface area contributed by atoms with Crippen molar-refractivity contribution in [2.75, 3.05) is 74.5 Å². The van der Waals surface area contributed by atoms with E-state index in [0.717, 1.165) is 87.5 Å². The number of hydrogen-bond acceptors (Lipinski definition) is 10. The average molecular weight is 830 g/mol. The van der Waals surface area contributed by atoms with Crippen LogP contribution in [0.25, 0.3) is 10.9 Å². The first-order chi connectivity index (χ1) is 27.3. The molecule has 2 aromatic heterocycles. The van der Waals surface area contributed by atoms with Crippen molar-refractivity contribution >= 4 is 61.2 Å². The largest absolute Gasteiger partial charge is 0.427 e. The summed E-state index contributed by atoms with van der Waals surface area (Å²) in [4.78, 5) is 33.4. The minimum atomic E-state index is -4.44. The molecule has 13 nitrogen and oxygen atoms in total. The molecule has 0 atom stereocenters. The quantitative estimate of drug-likeness (QED) is 0.162. The van der Waals surface area contributed by atoms with E-state index in [9.17, 15) is 31.2 Å². The Labute approximate surface area is 335 Å². The molecular formula is C39H50F3N9O4S2. The maximum absolute atomic E-state index is 13.7. The number of nitrogens with zero attached hydrogens (tertiary/aromatic N) is 7. The van der Waals surface area contributed by atoms with E-state index in [1.807, 2.05) is 19.2 Å². The normalized spacial score (nSPS) is 18.6. The molecule has 2 N–H and O–H groups in total. The van der Waals surface area contributed by atoms with Gasteiger partial charge in [-0.05, 0) is 99.3 Å². The number of alkyl halides is 3. The van der Waals surface area contributed by atoms with Crippen molar-refractivity contribution in [3.8, 4) is 0 Å². The van der Waals surface area contributed by atoms with E-state index in [2.05, 4.69) is 42.6 Å². The van der Waals surface area contributed by atoms with Crippen molar-refractivity contribution < 1.29 is 31.2 Å². The number of benzene rings is 2. The molecule has 2 aromatic carbocycles. The first-order valence-electron chi connectivity index (χ1n) is 19.6. The van der Waals surface area contributed by atoms with Crippen LogP contribution in [0, 0.1) is 5.92 Å². The zero-order valence-corrected chi connectivity index (χ0v) is 33.9. The third-order valence-electron chi connectivity index (χ3n) is 11.6. The van der Waals surface area contributed by atoms with Crippen LogP contribution in [0.5, 0.6) is 0 Å². The van der Waals surface area contributed by atoms with Crippen LogP contribution in [0.15, 0.2) is 53.6 Å². The van der Waals surface area contributed by atoms with Gasteiger partial charge in [-0.15, -0.1) is 0 Å². The number of carbonyl (C=O) groups is 2. The summed E-state index contributed by atoms with van der Waals surface area (Å²) in [5.41, 5.74) is 3.13. The highest BCUT2D eigenvalue weighted by atomic mass is 32.2. The number of sulfonamides is 1. The van der Waals surface area contributed by atoms with Gasteiger partial charge < -0.3 is 25.2 Å². The number of piperidine rings is 3. The molecule has 57 heavy (non-hydrogen) atoms. The Morgan fingerprint density at radius 3 is 2.40 bits per heavy atom. The topological polar surface area (TPSA) is 136 Å². The molecule has 4 aromatic rings. The SMILES string of the molecule is CNC(=O)N(CCC=O)c1nn(C)c2cc(C3CCN(CC4CCN(c5cccc(S(=O)(=O)N6CCC(Nc7ncc(C(F)(F)F)s7)CC6)c5)CC4)CC3)ccc12. The summed E-state index contributed by atoms with van der Waals surface area (Å²) in [5, 5.41) is 11.4. The van der Waals surface area contributed by atoms with Gasteiger partial charge in [0.15, 0.2) is 10.9 Å². The van der Waals surface area contributed by atoms with Crippen molar-refractivity contribution in [3.63, 3.8) is 0 Å². The molecule has 0 bridgehead atoms. The van der Waals surface area contributed by atoms with Crippen LogP contribution in [0.1, 0.15) is 61.3 Å². The van der Waals surface area contributed by atoms with Gasteiger partial charge in [-0.25, -0.2) is 18.2 Å². The third-order valence-corrected chi connectivity index (χ3v) is 14.5. The number of carbonyl (C=O) groups excluding carboxylic acids is 2. The molecule has 3 saturated heterocycles. The lowest BCUT2D eigenvalue weighted by molar-refractivity contribution is -0.134. The van der Waals surface area contributed by atoms with Gasteiger partial charge >= 0.3 is 12.2 Å².